The second-order valence-corrected chi connectivity index (χ2v) is 4.43. The van der Waals surface area contributed by atoms with E-state index in [0.717, 1.165) is 5.56 Å². The molecule has 0 radical (unpaired) electrons. The molecule has 0 aliphatic rings. The summed E-state index contributed by atoms with van der Waals surface area (Å²) in [5.74, 6) is -0.731. The van der Waals surface area contributed by atoms with Gasteiger partial charge in [0.1, 0.15) is 6.61 Å². The van der Waals surface area contributed by atoms with Crippen molar-refractivity contribution < 1.29 is 14.6 Å². The molecule has 0 fully saturated rings. The highest BCUT2D eigenvalue weighted by Gasteiger charge is 2.08. The van der Waals surface area contributed by atoms with Crippen molar-refractivity contribution in [2.75, 3.05) is 0 Å². The van der Waals surface area contributed by atoms with Gasteiger partial charge in [0.15, 0.2) is 0 Å². The molecule has 4 nitrogen and oxygen atoms in total. The lowest BCUT2D eigenvalue weighted by Gasteiger charge is -2.08. The fourth-order valence-corrected chi connectivity index (χ4v) is 1.79. The average molecular weight is 278 g/mol. The standard InChI is InChI=1S/C14H12ClNO3/c1-9-6-11(14(17)18)7-13(16-9)19-8-10-4-2-3-5-12(10)15/h2-7H,8H2,1H3,(H,17,18). The van der Waals surface area contributed by atoms with Crippen LogP contribution in [0.4, 0.5) is 0 Å². The number of carbonyl (C=O) groups is 1. The topological polar surface area (TPSA) is 59.4 Å². The fourth-order valence-electron chi connectivity index (χ4n) is 1.60. The van der Waals surface area contributed by atoms with Gasteiger partial charge in [-0.05, 0) is 19.1 Å². The number of carboxylic acids is 1. The maximum Gasteiger partial charge on any atom is 0.335 e. The number of rotatable bonds is 4. The van der Waals surface area contributed by atoms with Gasteiger partial charge in [-0.15, -0.1) is 0 Å². The Morgan fingerprint density at radius 1 is 1.37 bits per heavy atom. The number of benzene rings is 1. The number of aryl methyl sites for hydroxylation is 1. The van der Waals surface area contributed by atoms with Crippen molar-refractivity contribution in [1.82, 2.24) is 4.98 Å². The highest BCUT2D eigenvalue weighted by atomic mass is 35.5. The van der Waals surface area contributed by atoms with Crippen molar-refractivity contribution in [3.8, 4) is 5.88 Å². The molecule has 1 aromatic heterocycles. The minimum absolute atomic E-state index is 0.154. The molecule has 1 heterocycles. The van der Waals surface area contributed by atoms with Gasteiger partial charge in [-0.25, -0.2) is 9.78 Å². The molecule has 1 aromatic carbocycles. The molecule has 98 valence electrons. The van der Waals surface area contributed by atoms with E-state index in [9.17, 15) is 4.79 Å². The lowest BCUT2D eigenvalue weighted by Crippen LogP contribution is -2.03. The minimum Gasteiger partial charge on any atom is -0.478 e. The van der Waals surface area contributed by atoms with E-state index >= 15 is 0 Å². The van der Waals surface area contributed by atoms with Crippen LogP contribution >= 0.6 is 11.6 Å². The third kappa shape index (κ3) is 3.45. The van der Waals surface area contributed by atoms with Gasteiger partial charge < -0.3 is 9.84 Å². The van der Waals surface area contributed by atoms with Gasteiger partial charge in [0.2, 0.25) is 5.88 Å². The fraction of sp³-hybridized carbons (Fsp3) is 0.143. The third-order valence-electron chi connectivity index (χ3n) is 2.51. The molecule has 0 saturated heterocycles. The monoisotopic (exact) mass is 277 g/mol. The van der Waals surface area contributed by atoms with E-state index < -0.39 is 5.97 Å². The van der Waals surface area contributed by atoms with Crippen LogP contribution in [-0.2, 0) is 6.61 Å². The zero-order chi connectivity index (χ0) is 13.8. The molecule has 0 saturated carbocycles. The lowest BCUT2D eigenvalue weighted by atomic mass is 10.2. The first-order valence-corrected chi connectivity index (χ1v) is 6.02. The zero-order valence-corrected chi connectivity index (χ0v) is 11.0. The summed E-state index contributed by atoms with van der Waals surface area (Å²) in [5.41, 5.74) is 1.57. The van der Waals surface area contributed by atoms with Crippen molar-refractivity contribution >= 4 is 17.6 Å². The number of nitrogens with zero attached hydrogens (tertiary/aromatic N) is 1. The molecule has 0 atom stereocenters. The molecule has 0 bridgehead atoms. The Morgan fingerprint density at radius 2 is 2.11 bits per heavy atom. The Morgan fingerprint density at radius 3 is 2.79 bits per heavy atom. The number of aromatic nitrogens is 1. The van der Waals surface area contributed by atoms with Crippen molar-refractivity contribution in [2.24, 2.45) is 0 Å². The first kappa shape index (κ1) is 13.4. The summed E-state index contributed by atoms with van der Waals surface area (Å²) < 4.78 is 5.49. The highest BCUT2D eigenvalue weighted by molar-refractivity contribution is 6.31. The Hall–Kier alpha value is -2.07. The van der Waals surface area contributed by atoms with Gasteiger partial charge in [-0.3, -0.25) is 0 Å². The molecular weight excluding hydrogens is 266 g/mol. The lowest BCUT2D eigenvalue weighted by molar-refractivity contribution is 0.0696. The van der Waals surface area contributed by atoms with E-state index in [1.54, 1.807) is 13.0 Å². The van der Waals surface area contributed by atoms with Crippen molar-refractivity contribution in [3.63, 3.8) is 0 Å². The first-order chi connectivity index (χ1) is 9.06. The molecule has 2 aromatic rings. The number of halogens is 1. The molecule has 0 amide bonds. The predicted molar refractivity (Wildman–Crippen MR) is 71.7 cm³/mol. The maximum absolute atomic E-state index is 10.9. The van der Waals surface area contributed by atoms with Crippen LogP contribution in [0.25, 0.3) is 0 Å². The summed E-state index contributed by atoms with van der Waals surface area (Å²) in [7, 11) is 0. The van der Waals surface area contributed by atoms with E-state index in [1.807, 2.05) is 18.2 Å². The Bertz CT molecular complexity index is 613. The number of pyridine rings is 1. The van der Waals surface area contributed by atoms with E-state index in [0.29, 0.717) is 10.7 Å². The first-order valence-electron chi connectivity index (χ1n) is 5.64. The van der Waals surface area contributed by atoms with Crippen LogP contribution in [0.2, 0.25) is 5.02 Å². The zero-order valence-electron chi connectivity index (χ0n) is 10.3. The third-order valence-corrected chi connectivity index (χ3v) is 2.88. The minimum atomic E-state index is -1.01. The average Bonchev–Trinajstić information content (AvgIpc) is 2.37. The molecule has 19 heavy (non-hydrogen) atoms. The summed E-state index contributed by atoms with van der Waals surface area (Å²) in [6.07, 6.45) is 0. The van der Waals surface area contributed by atoms with E-state index in [-0.39, 0.29) is 18.1 Å². The molecule has 1 N–H and O–H groups in total. The van der Waals surface area contributed by atoms with Gasteiger partial charge in [0, 0.05) is 22.3 Å². The number of hydrogen-bond acceptors (Lipinski definition) is 3. The molecule has 0 aliphatic heterocycles. The largest absolute Gasteiger partial charge is 0.478 e. The Kier molecular flexibility index (Phi) is 4.02. The Balaban J connectivity index is 2.16. The second kappa shape index (κ2) is 5.71. The SMILES string of the molecule is Cc1cc(C(=O)O)cc(OCc2ccccc2Cl)n1. The number of ether oxygens (including phenoxy) is 1. The van der Waals surface area contributed by atoms with E-state index in [1.165, 1.54) is 12.1 Å². The summed E-state index contributed by atoms with van der Waals surface area (Å²) >= 11 is 6.01. The van der Waals surface area contributed by atoms with Gasteiger partial charge in [0.05, 0.1) is 5.56 Å². The van der Waals surface area contributed by atoms with Crippen LogP contribution in [0.5, 0.6) is 5.88 Å². The molecule has 0 unspecified atom stereocenters. The van der Waals surface area contributed by atoms with Gasteiger partial charge >= 0.3 is 5.97 Å². The summed E-state index contributed by atoms with van der Waals surface area (Å²) in [6, 6.07) is 10.2. The summed E-state index contributed by atoms with van der Waals surface area (Å²) in [4.78, 5) is 15.1. The normalized spacial score (nSPS) is 10.2. The van der Waals surface area contributed by atoms with Gasteiger partial charge in [-0.1, -0.05) is 29.8 Å². The molecule has 2 rings (SSSR count). The van der Waals surface area contributed by atoms with Gasteiger partial charge in [0.25, 0.3) is 0 Å². The van der Waals surface area contributed by atoms with Crippen molar-refractivity contribution in [3.05, 3.63) is 58.2 Å². The van der Waals surface area contributed by atoms with Crippen LogP contribution < -0.4 is 4.74 Å². The van der Waals surface area contributed by atoms with Crippen molar-refractivity contribution in [2.45, 2.75) is 13.5 Å². The molecule has 0 spiro atoms. The predicted octanol–water partition coefficient (Wildman–Crippen LogP) is 3.32. The smallest absolute Gasteiger partial charge is 0.335 e. The van der Waals surface area contributed by atoms with Crippen LogP contribution in [-0.4, -0.2) is 16.1 Å². The van der Waals surface area contributed by atoms with Crippen molar-refractivity contribution in [1.29, 1.82) is 0 Å². The van der Waals surface area contributed by atoms with Crippen LogP contribution in [0.1, 0.15) is 21.6 Å². The number of hydrogen-bond donors (Lipinski definition) is 1. The molecular formula is C14H12ClNO3. The number of carboxylic acid groups (broad SMARTS) is 1. The van der Waals surface area contributed by atoms with Crippen LogP contribution in [0.3, 0.4) is 0 Å². The maximum atomic E-state index is 10.9. The van der Waals surface area contributed by atoms with E-state index in [4.69, 9.17) is 21.4 Å². The van der Waals surface area contributed by atoms with Gasteiger partial charge in [-0.2, -0.15) is 0 Å². The quantitative estimate of drug-likeness (QED) is 0.931. The molecule has 5 heteroatoms. The van der Waals surface area contributed by atoms with Crippen LogP contribution in [0, 0.1) is 6.92 Å². The Labute approximate surface area is 115 Å². The summed E-state index contributed by atoms with van der Waals surface area (Å²) in [5, 5.41) is 9.56. The van der Waals surface area contributed by atoms with Crippen LogP contribution in [0.15, 0.2) is 36.4 Å². The highest BCUT2D eigenvalue weighted by Crippen LogP contribution is 2.18. The molecule has 0 aliphatic carbocycles. The van der Waals surface area contributed by atoms with E-state index in [2.05, 4.69) is 4.98 Å². The second-order valence-electron chi connectivity index (χ2n) is 4.02. The summed E-state index contributed by atoms with van der Waals surface area (Å²) in [6.45, 7) is 1.96. The number of aromatic carboxylic acids is 1.